The fraction of sp³-hybridized carbons (Fsp3) is 0.412. The Morgan fingerprint density at radius 2 is 2.00 bits per heavy atom. The molecule has 3 rings (SSSR count). The zero-order valence-corrected chi connectivity index (χ0v) is 12.9. The standard InChI is InChI=1S/C17H22N4O/c1-14(20-17-18-8-5-9-19-17)16-13-21(10-11-22-16)12-15-6-3-2-4-7-15/h2-9,14,16H,10-13H2,1H3,(H,18,19,20)/t14-,16+/m0/s1. The van der Waals surface area contributed by atoms with Crippen molar-refractivity contribution >= 4 is 5.95 Å². The SMILES string of the molecule is C[C@H](Nc1ncccn1)[C@H]1CN(Cc2ccccc2)CCO1. The van der Waals surface area contributed by atoms with E-state index in [0.29, 0.717) is 5.95 Å². The van der Waals surface area contributed by atoms with E-state index in [-0.39, 0.29) is 12.1 Å². The third-order valence-electron chi connectivity index (χ3n) is 3.91. The molecule has 1 saturated heterocycles. The normalized spacial score (nSPS) is 20.5. The van der Waals surface area contributed by atoms with Crippen LogP contribution in [-0.4, -0.2) is 46.7 Å². The van der Waals surface area contributed by atoms with Gasteiger partial charge in [-0.05, 0) is 18.6 Å². The first-order valence-electron chi connectivity index (χ1n) is 7.73. The van der Waals surface area contributed by atoms with Crippen LogP contribution in [0.3, 0.4) is 0 Å². The minimum atomic E-state index is 0.140. The molecule has 0 aliphatic carbocycles. The molecule has 1 fully saturated rings. The highest BCUT2D eigenvalue weighted by Crippen LogP contribution is 2.14. The first kappa shape index (κ1) is 14.9. The molecular weight excluding hydrogens is 276 g/mol. The number of ether oxygens (including phenoxy) is 1. The second kappa shape index (κ2) is 7.33. The van der Waals surface area contributed by atoms with Crippen molar-refractivity contribution in [3.8, 4) is 0 Å². The molecule has 1 aromatic carbocycles. The van der Waals surface area contributed by atoms with E-state index in [1.54, 1.807) is 12.4 Å². The molecule has 0 unspecified atom stereocenters. The van der Waals surface area contributed by atoms with E-state index in [0.717, 1.165) is 26.2 Å². The van der Waals surface area contributed by atoms with Crippen molar-refractivity contribution in [1.29, 1.82) is 0 Å². The molecule has 2 heterocycles. The number of hydrogen-bond donors (Lipinski definition) is 1. The lowest BCUT2D eigenvalue weighted by Gasteiger charge is -2.36. The Bertz CT molecular complexity index is 524. The number of nitrogens with one attached hydrogen (secondary N) is 1. The van der Waals surface area contributed by atoms with Gasteiger partial charge in [0.2, 0.25) is 5.95 Å². The number of hydrogen-bond acceptors (Lipinski definition) is 5. The lowest BCUT2D eigenvalue weighted by Crippen LogP contribution is -2.48. The summed E-state index contributed by atoms with van der Waals surface area (Å²) < 4.78 is 5.92. The Morgan fingerprint density at radius 3 is 2.77 bits per heavy atom. The van der Waals surface area contributed by atoms with Crippen molar-refractivity contribution < 1.29 is 4.74 Å². The van der Waals surface area contributed by atoms with Crippen LogP contribution in [0, 0.1) is 0 Å². The van der Waals surface area contributed by atoms with Crippen molar-refractivity contribution in [3.63, 3.8) is 0 Å². The molecule has 1 aliphatic heterocycles. The van der Waals surface area contributed by atoms with Gasteiger partial charge in [-0.3, -0.25) is 4.90 Å². The smallest absolute Gasteiger partial charge is 0.222 e. The summed E-state index contributed by atoms with van der Waals surface area (Å²) >= 11 is 0. The Kier molecular flexibility index (Phi) is 4.98. The second-order valence-electron chi connectivity index (χ2n) is 5.64. The first-order valence-corrected chi connectivity index (χ1v) is 7.73. The molecule has 0 spiro atoms. The van der Waals surface area contributed by atoms with Gasteiger partial charge in [-0.15, -0.1) is 0 Å². The molecule has 5 heteroatoms. The summed E-state index contributed by atoms with van der Waals surface area (Å²) in [7, 11) is 0. The summed E-state index contributed by atoms with van der Waals surface area (Å²) in [5.74, 6) is 0.652. The summed E-state index contributed by atoms with van der Waals surface area (Å²) in [5, 5.41) is 3.32. The van der Waals surface area contributed by atoms with Gasteiger partial charge in [0.15, 0.2) is 0 Å². The Labute approximate surface area is 131 Å². The fourth-order valence-corrected chi connectivity index (χ4v) is 2.69. The number of aromatic nitrogens is 2. The van der Waals surface area contributed by atoms with Gasteiger partial charge >= 0.3 is 0 Å². The molecule has 116 valence electrons. The topological polar surface area (TPSA) is 50.3 Å². The third kappa shape index (κ3) is 4.02. The van der Waals surface area contributed by atoms with Crippen LogP contribution in [0.5, 0.6) is 0 Å². The van der Waals surface area contributed by atoms with Crippen LogP contribution in [0.15, 0.2) is 48.8 Å². The maximum atomic E-state index is 5.92. The summed E-state index contributed by atoms with van der Waals surface area (Å²) in [5.41, 5.74) is 1.34. The van der Waals surface area contributed by atoms with E-state index < -0.39 is 0 Å². The molecule has 1 aromatic heterocycles. The number of rotatable bonds is 5. The van der Waals surface area contributed by atoms with Crippen LogP contribution in [0.1, 0.15) is 12.5 Å². The molecule has 1 N–H and O–H groups in total. The van der Waals surface area contributed by atoms with Crippen LogP contribution in [0.2, 0.25) is 0 Å². The Morgan fingerprint density at radius 1 is 1.23 bits per heavy atom. The third-order valence-corrected chi connectivity index (χ3v) is 3.91. The van der Waals surface area contributed by atoms with Crippen molar-refractivity contribution in [2.24, 2.45) is 0 Å². The molecule has 2 atom stereocenters. The van der Waals surface area contributed by atoms with Crippen LogP contribution >= 0.6 is 0 Å². The molecule has 2 aromatic rings. The summed E-state index contributed by atoms with van der Waals surface area (Å²) in [6.07, 6.45) is 3.62. The van der Waals surface area contributed by atoms with E-state index in [2.05, 4.69) is 57.4 Å². The molecule has 0 saturated carbocycles. The minimum absolute atomic E-state index is 0.140. The van der Waals surface area contributed by atoms with Crippen LogP contribution in [-0.2, 0) is 11.3 Å². The van der Waals surface area contributed by atoms with E-state index in [1.807, 2.05) is 6.07 Å². The quantitative estimate of drug-likeness (QED) is 0.917. The summed E-state index contributed by atoms with van der Waals surface area (Å²) in [6, 6.07) is 12.6. The average Bonchev–Trinajstić information content (AvgIpc) is 2.57. The highest BCUT2D eigenvalue weighted by Gasteiger charge is 2.25. The molecular formula is C17H22N4O. The van der Waals surface area contributed by atoms with Gasteiger partial charge in [-0.2, -0.15) is 0 Å². The predicted molar refractivity (Wildman–Crippen MR) is 86.6 cm³/mol. The van der Waals surface area contributed by atoms with Crippen molar-refractivity contribution in [2.45, 2.75) is 25.6 Å². The Balaban J connectivity index is 1.56. The highest BCUT2D eigenvalue weighted by molar-refractivity contribution is 5.24. The van der Waals surface area contributed by atoms with Gasteiger partial charge in [-0.25, -0.2) is 9.97 Å². The van der Waals surface area contributed by atoms with Gasteiger partial charge < -0.3 is 10.1 Å². The molecule has 0 radical (unpaired) electrons. The van der Waals surface area contributed by atoms with Crippen LogP contribution in [0.4, 0.5) is 5.95 Å². The van der Waals surface area contributed by atoms with Gasteiger partial charge in [0.25, 0.3) is 0 Å². The summed E-state index contributed by atoms with van der Waals surface area (Å²) in [6.45, 7) is 5.73. The second-order valence-corrected chi connectivity index (χ2v) is 5.64. The monoisotopic (exact) mass is 298 g/mol. The lowest BCUT2D eigenvalue weighted by atomic mass is 10.1. The molecule has 0 amide bonds. The maximum Gasteiger partial charge on any atom is 0.222 e. The van der Waals surface area contributed by atoms with Gasteiger partial charge in [-0.1, -0.05) is 30.3 Å². The Hall–Kier alpha value is -1.98. The van der Waals surface area contributed by atoms with Crippen molar-refractivity contribution in [3.05, 3.63) is 54.4 Å². The van der Waals surface area contributed by atoms with E-state index >= 15 is 0 Å². The molecule has 0 bridgehead atoms. The molecule has 5 nitrogen and oxygen atoms in total. The largest absolute Gasteiger partial charge is 0.373 e. The molecule has 1 aliphatic rings. The van der Waals surface area contributed by atoms with Crippen LogP contribution in [0.25, 0.3) is 0 Å². The van der Waals surface area contributed by atoms with E-state index in [4.69, 9.17) is 4.74 Å². The lowest BCUT2D eigenvalue weighted by molar-refractivity contribution is -0.0374. The summed E-state index contributed by atoms with van der Waals surface area (Å²) in [4.78, 5) is 10.9. The van der Waals surface area contributed by atoms with E-state index in [1.165, 1.54) is 5.56 Å². The van der Waals surface area contributed by atoms with E-state index in [9.17, 15) is 0 Å². The predicted octanol–water partition coefficient (Wildman–Crippen LogP) is 2.18. The number of morpholine rings is 1. The molecule has 22 heavy (non-hydrogen) atoms. The zero-order valence-electron chi connectivity index (χ0n) is 12.9. The average molecular weight is 298 g/mol. The maximum absolute atomic E-state index is 5.92. The first-order chi connectivity index (χ1) is 10.8. The van der Waals surface area contributed by atoms with Gasteiger partial charge in [0, 0.05) is 32.0 Å². The number of anilines is 1. The number of nitrogens with zero attached hydrogens (tertiary/aromatic N) is 3. The fourth-order valence-electron chi connectivity index (χ4n) is 2.69. The van der Waals surface area contributed by atoms with Gasteiger partial charge in [0.1, 0.15) is 0 Å². The highest BCUT2D eigenvalue weighted by atomic mass is 16.5. The zero-order chi connectivity index (χ0) is 15.2. The van der Waals surface area contributed by atoms with Gasteiger partial charge in [0.05, 0.1) is 18.8 Å². The minimum Gasteiger partial charge on any atom is -0.373 e. The number of benzene rings is 1. The van der Waals surface area contributed by atoms with Crippen LogP contribution < -0.4 is 5.32 Å². The van der Waals surface area contributed by atoms with Crippen molar-refractivity contribution in [2.75, 3.05) is 25.0 Å². The van der Waals surface area contributed by atoms with Crippen molar-refractivity contribution in [1.82, 2.24) is 14.9 Å².